The van der Waals surface area contributed by atoms with Crippen LogP contribution in [-0.4, -0.2) is 23.6 Å². The fourth-order valence-corrected chi connectivity index (χ4v) is 3.07. The maximum absolute atomic E-state index is 5.51. The van der Waals surface area contributed by atoms with Gasteiger partial charge in [-0.25, -0.2) is 9.97 Å². The highest BCUT2D eigenvalue weighted by Crippen LogP contribution is 2.37. The van der Waals surface area contributed by atoms with Crippen molar-refractivity contribution >= 4 is 11.8 Å². The van der Waals surface area contributed by atoms with Crippen LogP contribution in [0.25, 0.3) is 0 Å². The van der Waals surface area contributed by atoms with Gasteiger partial charge in [-0.2, -0.15) is 0 Å². The first kappa shape index (κ1) is 14.8. The second-order valence-electron chi connectivity index (χ2n) is 4.30. The summed E-state index contributed by atoms with van der Waals surface area (Å²) in [5.74, 6) is 0.900. The lowest BCUT2D eigenvalue weighted by Gasteiger charge is -2.19. The molecule has 1 aromatic heterocycles. The number of nitrogens with one attached hydrogen (secondary N) is 1. The smallest absolute Gasteiger partial charge is 0.124 e. The highest BCUT2D eigenvalue weighted by Gasteiger charge is 2.16. The maximum atomic E-state index is 5.51. The molecular weight excluding hydrogens is 270 g/mol. The van der Waals surface area contributed by atoms with Crippen LogP contribution in [0.1, 0.15) is 25.5 Å². The minimum atomic E-state index is 0.223. The number of hydrogen-bond donors (Lipinski definition) is 1. The monoisotopic (exact) mass is 289 g/mol. The van der Waals surface area contributed by atoms with Gasteiger partial charge in [0.15, 0.2) is 0 Å². The van der Waals surface area contributed by atoms with Crippen molar-refractivity contribution in [3.05, 3.63) is 42.4 Å². The van der Waals surface area contributed by atoms with E-state index in [1.54, 1.807) is 31.4 Å². The molecule has 4 nitrogen and oxygen atoms in total. The van der Waals surface area contributed by atoms with Crippen molar-refractivity contribution in [3.8, 4) is 5.75 Å². The van der Waals surface area contributed by atoms with E-state index in [0.717, 1.165) is 22.2 Å². The Bertz CT molecular complexity index is 548. The lowest BCUT2D eigenvalue weighted by Crippen LogP contribution is -2.19. The van der Waals surface area contributed by atoms with E-state index >= 15 is 0 Å². The normalized spacial score (nSPS) is 12.2. The summed E-state index contributed by atoms with van der Waals surface area (Å²) in [4.78, 5) is 9.36. The summed E-state index contributed by atoms with van der Waals surface area (Å²) in [6.45, 7) is 5.16. The van der Waals surface area contributed by atoms with Gasteiger partial charge in [-0.15, -0.1) is 0 Å². The zero-order chi connectivity index (χ0) is 14.4. The molecule has 0 bridgehead atoms. The Balaban J connectivity index is 2.36. The lowest BCUT2D eigenvalue weighted by molar-refractivity contribution is 0.400. The summed E-state index contributed by atoms with van der Waals surface area (Å²) < 4.78 is 5.51. The van der Waals surface area contributed by atoms with Gasteiger partial charge >= 0.3 is 0 Å². The van der Waals surface area contributed by atoms with Crippen LogP contribution < -0.4 is 10.1 Å². The predicted octanol–water partition coefficient (Wildman–Crippen LogP) is 3.31. The molecule has 0 aliphatic carbocycles. The van der Waals surface area contributed by atoms with Crippen molar-refractivity contribution < 1.29 is 4.74 Å². The van der Waals surface area contributed by atoms with Gasteiger partial charge in [0.1, 0.15) is 17.1 Å². The van der Waals surface area contributed by atoms with Gasteiger partial charge in [0.2, 0.25) is 0 Å². The molecule has 2 rings (SSSR count). The number of methoxy groups -OCH3 is 1. The Kier molecular flexibility index (Phi) is 5.38. The van der Waals surface area contributed by atoms with Gasteiger partial charge in [-0.05, 0) is 31.7 Å². The van der Waals surface area contributed by atoms with Crippen LogP contribution >= 0.6 is 11.8 Å². The summed E-state index contributed by atoms with van der Waals surface area (Å²) in [5, 5.41) is 4.37. The number of rotatable bonds is 6. The minimum Gasteiger partial charge on any atom is -0.496 e. The van der Waals surface area contributed by atoms with Crippen molar-refractivity contribution in [2.75, 3.05) is 13.7 Å². The Morgan fingerprint density at radius 1 is 1.35 bits per heavy atom. The lowest BCUT2D eigenvalue weighted by atomic mass is 10.1. The molecule has 1 atom stereocenters. The molecule has 1 N–H and O–H groups in total. The Labute approximate surface area is 124 Å². The van der Waals surface area contributed by atoms with Crippen molar-refractivity contribution in [2.45, 2.75) is 29.8 Å². The van der Waals surface area contributed by atoms with Gasteiger partial charge in [0.05, 0.1) is 7.11 Å². The summed E-state index contributed by atoms with van der Waals surface area (Å²) in [6.07, 6.45) is 3.32. The molecule has 0 amide bonds. The first-order valence-electron chi connectivity index (χ1n) is 6.60. The van der Waals surface area contributed by atoms with Crippen LogP contribution in [0.3, 0.4) is 0 Å². The molecule has 0 spiro atoms. The zero-order valence-electron chi connectivity index (χ0n) is 12.0. The standard InChI is InChI=1S/C15H19N3OS/c1-4-17-11(2)15-12(19-3)6-5-7-13(15)20-14-8-9-16-10-18-14/h5-11,17H,4H2,1-3H3. The molecule has 1 heterocycles. The molecular formula is C15H19N3OS. The summed E-state index contributed by atoms with van der Waals surface area (Å²) in [5.41, 5.74) is 1.17. The van der Waals surface area contributed by atoms with Gasteiger partial charge in [0, 0.05) is 22.7 Å². The van der Waals surface area contributed by atoms with Gasteiger partial charge in [0.25, 0.3) is 0 Å². The molecule has 20 heavy (non-hydrogen) atoms. The summed E-state index contributed by atoms with van der Waals surface area (Å²) in [7, 11) is 1.70. The van der Waals surface area contributed by atoms with Crippen molar-refractivity contribution in [2.24, 2.45) is 0 Å². The number of ether oxygens (including phenoxy) is 1. The number of benzene rings is 1. The Morgan fingerprint density at radius 2 is 2.20 bits per heavy atom. The van der Waals surface area contributed by atoms with Crippen molar-refractivity contribution in [1.82, 2.24) is 15.3 Å². The second-order valence-corrected chi connectivity index (χ2v) is 5.36. The third-order valence-electron chi connectivity index (χ3n) is 2.96. The van der Waals surface area contributed by atoms with Crippen LogP contribution in [0.5, 0.6) is 5.75 Å². The number of hydrogen-bond acceptors (Lipinski definition) is 5. The van der Waals surface area contributed by atoms with E-state index in [0.29, 0.717) is 0 Å². The minimum absolute atomic E-state index is 0.223. The quantitative estimate of drug-likeness (QED) is 0.827. The van der Waals surface area contributed by atoms with E-state index in [4.69, 9.17) is 4.74 Å². The highest BCUT2D eigenvalue weighted by atomic mass is 32.2. The number of aromatic nitrogens is 2. The Morgan fingerprint density at radius 3 is 2.85 bits per heavy atom. The SMILES string of the molecule is CCNC(C)c1c(OC)cccc1Sc1ccncn1. The van der Waals surface area contributed by atoms with Crippen LogP contribution in [0, 0.1) is 0 Å². The van der Waals surface area contributed by atoms with E-state index in [9.17, 15) is 0 Å². The fraction of sp³-hybridized carbons (Fsp3) is 0.333. The molecule has 0 aliphatic heterocycles. The largest absolute Gasteiger partial charge is 0.496 e. The van der Waals surface area contributed by atoms with Crippen LogP contribution in [0.15, 0.2) is 46.7 Å². The highest BCUT2D eigenvalue weighted by molar-refractivity contribution is 7.99. The summed E-state index contributed by atoms with van der Waals surface area (Å²) in [6, 6.07) is 8.22. The fourth-order valence-electron chi connectivity index (χ4n) is 2.08. The van der Waals surface area contributed by atoms with Crippen molar-refractivity contribution in [3.63, 3.8) is 0 Å². The van der Waals surface area contributed by atoms with Gasteiger partial charge in [-0.1, -0.05) is 24.8 Å². The van der Waals surface area contributed by atoms with E-state index in [-0.39, 0.29) is 6.04 Å². The third kappa shape index (κ3) is 3.49. The molecule has 0 radical (unpaired) electrons. The molecule has 1 unspecified atom stereocenters. The van der Waals surface area contributed by atoms with E-state index in [1.165, 1.54) is 5.56 Å². The molecule has 2 aromatic rings. The van der Waals surface area contributed by atoms with E-state index < -0.39 is 0 Å². The maximum Gasteiger partial charge on any atom is 0.124 e. The first-order valence-corrected chi connectivity index (χ1v) is 7.42. The zero-order valence-corrected chi connectivity index (χ0v) is 12.8. The second kappa shape index (κ2) is 7.26. The average molecular weight is 289 g/mol. The summed E-state index contributed by atoms with van der Waals surface area (Å²) >= 11 is 1.63. The molecule has 5 heteroatoms. The average Bonchev–Trinajstić information content (AvgIpc) is 2.48. The molecule has 0 saturated carbocycles. The van der Waals surface area contributed by atoms with Crippen LogP contribution in [0.4, 0.5) is 0 Å². The number of nitrogens with zero attached hydrogens (tertiary/aromatic N) is 2. The molecule has 1 aromatic carbocycles. The van der Waals surface area contributed by atoms with Crippen molar-refractivity contribution in [1.29, 1.82) is 0 Å². The molecule has 0 fully saturated rings. The van der Waals surface area contributed by atoms with Crippen LogP contribution in [-0.2, 0) is 0 Å². The van der Waals surface area contributed by atoms with Gasteiger partial charge in [-0.3, -0.25) is 0 Å². The molecule has 106 valence electrons. The topological polar surface area (TPSA) is 47.0 Å². The molecule has 0 aliphatic rings. The Hall–Kier alpha value is -1.59. The van der Waals surface area contributed by atoms with E-state index in [1.807, 2.05) is 18.2 Å². The predicted molar refractivity (Wildman–Crippen MR) is 81.2 cm³/mol. The van der Waals surface area contributed by atoms with Gasteiger partial charge < -0.3 is 10.1 Å². The molecule has 0 saturated heterocycles. The third-order valence-corrected chi connectivity index (χ3v) is 3.99. The first-order chi connectivity index (χ1) is 9.76. The van der Waals surface area contributed by atoms with Crippen LogP contribution in [0.2, 0.25) is 0 Å². The van der Waals surface area contributed by atoms with E-state index in [2.05, 4.69) is 35.2 Å².